The molecule has 0 amide bonds. The summed E-state index contributed by atoms with van der Waals surface area (Å²) in [5.74, 6) is 1.56. The molecular weight excluding hydrogens is 381 g/mol. The molecule has 1 N–H and O–H groups in total. The number of aryl methyl sites for hydroxylation is 1. The summed E-state index contributed by atoms with van der Waals surface area (Å²) >= 11 is 12.5. The number of nitrogens with zero attached hydrogens (tertiary/aromatic N) is 3. The fourth-order valence-corrected chi connectivity index (χ4v) is 3.02. The number of aliphatic hydroxyl groups excluding tert-OH is 1. The van der Waals surface area contributed by atoms with E-state index in [9.17, 15) is 0 Å². The van der Waals surface area contributed by atoms with E-state index in [1.54, 1.807) is 18.2 Å². The van der Waals surface area contributed by atoms with Gasteiger partial charge in [0.05, 0.1) is 23.3 Å². The highest BCUT2D eigenvalue weighted by molar-refractivity contribution is 6.37. The zero-order valence-electron chi connectivity index (χ0n) is 13.8. The molecular formula is C17H17Cl2N3O4. The average molecular weight is 398 g/mol. The van der Waals surface area contributed by atoms with Crippen molar-refractivity contribution >= 4 is 23.2 Å². The van der Waals surface area contributed by atoms with Gasteiger partial charge in [0.25, 0.3) is 0 Å². The molecule has 1 aromatic carbocycles. The van der Waals surface area contributed by atoms with E-state index < -0.39 is 0 Å². The van der Waals surface area contributed by atoms with Crippen molar-refractivity contribution in [3.63, 3.8) is 0 Å². The second-order valence-electron chi connectivity index (χ2n) is 5.61. The second kappa shape index (κ2) is 9.02. The van der Waals surface area contributed by atoms with Crippen molar-refractivity contribution < 1.29 is 18.8 Å². The summed E-state index contributed by atoms with van der Waals surface area (Å²) in [6.45, 7) is 0.391. The first-order valence-corrected chi connectivity index (χ1v) is 8.86. The molecule has 0 unspecified atom stereocenters. The summed E-state index contributed by atoms with van der Waals surface area (Å²) in [6.07, 6.45) is 4.74. The van der Waals surface area contributed by atoms with Crippen molar-refractivity contribution in [2.45, 2.75) is 32.3 Å². The largest absolute Gasteiger partial charge is 0.490 e. The van der Waals surface area contributed by atoms with Crippen LogP contribution in [-0.2, 0) is 13.0 Å². The van der Waals surface area contributed by atoms with Crippen LogP contribution in [0.15, 0.2) is 33.5 Å². The van der Waals surface area contributed by atoms with Gasteiger partial charge in [0.2, 0.25) is 12.3 Å². The van der Waals surface area contributed by atoms with Crippen LogP contribution in [0.3, 0.4) is 0 Å². The van der Waals surface area contributed by atoms with Crippen LogP contribution in [0.1, 0.15) is 30.7 Å². The Morgan fingerprint density at radius 2 is 1.88 bits per heavy atom. The molecule has 7 nitrogen and oxygen atoms in total. The monoisotopic (exact) mass is 397 g/mol. The summed E-state index contributed by atoms with van der Waals surface area (Å²) in [6, 6.07) is 5.12. The third-order valence-corrected chi connectivity index (χ3v) is 4.25. The quantitative estimate of drug-likeness (QED) is 0.537. The van der Waals surface area contributed by atoms with Gasteiger partial charge in [-0.25, -0.2) is 0 Å². The van der Waals surface area contributed by atoms with Crippen LogP contribution in [0.2, 0.25) is 10.0 Å². The molecule has 2 aromatic heterocycles. The van der Waals surface area contributed by atoms with E-state index in [2.05, 4.69) is 15.4 Å². The number of aromatic nitrogens is 3. The van der Waals surface area contributed by atoms with E-state index in [1.165, 1.54) is 6.39 Å². The van der Waals surface area contributed by atoms with Crippen molar-refractivity contribution in [3.05, 3.63) is 46.1 Å². The molecule has 0 fully saturated rings. The Hall–Kier alpha value is -2.09. The van der Waals surface area contributed by atoms with Crippen molar-refractivity contribution in [3.8, 4) is 17.2 Å². The fraction of sp³-hybridized carbons (Fsp3) is 0.353. The fourth-order valence-electron chi connectivity index (χ4n) is 2.42. The summed E-state index contributed by atoms with van der Waals surface area (Å²) in [5.41, 5.74) is 1.19. The molecule has 0 aliphatic rings. The lowest BCUT2D eigenvalue weighted by Crippen LogP contribution is -1.99. The summed E-state index contributed by atoms with van der Waals surface area (Å²) in [4.78, 5) is 0. The van der Waals surface area contributed by atoms with Gasteiger partial charge >= 0.3 is 0 Å². The summed E-state index contributed by atoms with van der Waals surface area (Å²) in [7, 11) is 0. The van der Waals surface area contributed by atoms with E-state index in [0.717, 1.165) is 31.4 Å². The first kappa shape index (κ1) is 18.7. The topological polar surface area (TPSA) is 94.4 Å². The number of unbranched alkanes of at least 4 members (excludes halogenated alkanes) is 2. The van der Waals surface area contributed by atoms with E-state index >= 15 is 0 Å². The molecule has 0 saturated carbocycles. The molecule has 0 saturated heterocycles. The molecule has 0 bridgehead atoms. The minimum Gasteiger partial charge on any atom is -0.490 e. The van der Waals surface area contributed by atoms with Crippen molar-refractivity contribution in [1.29, 1.82) is 0 Å². The van der Waals surface area contributed by atoms with Crippen molar-refractivity contribution in [2.75, 3.05) is 6.61 Å². The van der Waals surface area contributed by atoms with Gasteiger partial charge in [-0.3, -0.25) is 0 Å². The van der Waals surface area contributed by atoms with E-state index in [1.807, 2.05) is 0 Å². The number of benzene rings is 1. The third kappa shape index (κ3) is 4.75. The molecule has 0 aliphatic heterocycles. The van der Waals surface area contributed by atoms with Gasteiger partial charge in [-0.05, 0) is 31.4 Å². The number of hydrogen-bond acceptors (Lipinski definition) is 7. The average Bonchev–Trinajstić information content (AvgIpc) is 3.31. The molecule has 3 rings (SSSR count). The SMILES string of the molecule is OCc1cc(CCCCCOc2c(Cl)cc(-c3nnco3)cc2Cl)on1. The van der Waals surface area contributed by atoms with E-state index in [4.69, 9.17) is 42.0 Å². The summed E-state index contributed by atoms with van der Waals surface area (Å²) in [5, 5.41) is 20.9. The normalized spacial score (nSPS) is 11.0. The molecule has 0 spiro atoms. The first-order chi connectivity index (χ1) is 12.7. The Kier molecular flexibility index (Phi) is 6.49. The highest BCUT2D eigenvalue weighted by Gasteiger charge is 2.13. The van der Waals surface area contributed by atoms with Crippen LogP contribution >= 0.6 is 23.2 Å². The maximum Gasteiger partial charge on any atom is 0.247 e. The van der Waals surface area contributed by atoms with Gasteiger partial charge in [-0.15, -0.1) is 10.2 Å². The van der Waals surface area contributed by atoms with Gasteiger partial charge in [0.1, 0.15) is 11.5 Å². The predicted octanol–water partition coefficient (Wildman–Crippen LogP) is 4.32. The Morgan fingerprint density at radius 3 is 2.54 bits per heavy atom. The molecule has 0 atom stereocenters. The van der Waals surface area contributed by atoms with Crippen LogP contribution in [0.4, 0.5) is 0 Å². The standard InChI is InChI=1S/C17H17Cl2N3O4/c18-14-6-11(17-21-20-10-25-17)7-15(19)16(14)24-5-3-1-2-4-13-8-12(9-23)22-26-13/h6-8,10,23H,1-5,9H2. The third-order valence-electron chi connectivity index (χ3n) is 3.69. The molecule has 0 aliphatic carbocycles. The van der Waals surface area contributed by atoms with Gasteiger partial charge < -0.3 is 18.8 Å². The van der Waals surface area contributed by atoms with Crippen LogP contribution in [0.25, 0.3) is 11.5 Å². The zero-order chi connectivity index (χ0) is 18.4. The Balaban J connectivity index is 1.44. The number of halogens is 2. The maximum atomic E-state index is 8.94. The van der Waals surface area contributed by atoms with Crippen molar-refractivity contribution in [2.24, 2.45) is 0 Å². The number of ether oxygens (including phenoxy) is 1. The van der Waals surface area contributed by atoms with Crippen LogP contribution < -0.4 is 4.74 Å². The second-order valence-corrected chi connectivity index (χ2v) is 6.43. The summed E-state index contributed by atoms with van der Waals surface area (Å²) < 4.78 is 16.0. The predicted molar refractivity (Wildman–Crippen MR) is 95.2 cm³/mol. The molecule has 138 valence electrons. The number of aliphatic hydroxyl groups is 1. The lowest BCUT2D eigenvalue weighted by Gasteiger charge is -2.10. The number of hydrogen-bond donors (Lipinski definition) is 1. The Labute approximate surface area is 159 Å². The highest BCUT2D eigenvalue weighted by atomic mass is 35.5. The lowest BCUT2D eigenvalue weighted by atomic mass is 10.1. The maximum absolute atomic E-state index is 8.94. The minimum atomic E-state index is -0.107. The van der Waals surface area contributed by atoms with Gasteiger partial charge in [0, 0.05) is 18.1 Å². The van der Waals surface area contributed by atoms with E-state index in [0.29, 0.717) is 39.5 Å². The Bertz CT molecular complexity index is 813. The molecule has 3 aromatic rings. The zero-order valence-corrected chi connectivity index (χ0v) is 15.3. The van der Waals surface area contributed by atoms with Crippen LogP contribution in [0, 0.1) is 0 Å². The first-order valence-electron chi connectivity index (χ1n) is 8.11. The van der Waals surface area contributed by atoms with E-state index in [-0.39, 0.29) is 6.61 Å². The van der Waals surface area contributed by atoms with Gasteiger partial charge in [-0.1, -0.05) is 28.4 Å². The lowest BCUT2D eigenvalue weighted by molar-refractivity contribution is 0.264. The Morgan fingerprint density at radius 1 is 1.08 bits per heavy atom. The molecule has 9 heteroatoms. The number of rotatable bonds is 9. The molecule has 0 radical (unpaired) electrons. The van der Waals surface area contributed by atoms with Gasteiger partial charge in [-0.2, -0.15) is 0 Å². The minimum absolute atomic E-state index is 0.107. The smallest absolute Gasteiger partial charge is 0.247 e. The van der Waals surface area contributed by atoms with Crippen LogP contribution in [-0.4, -0.2) is 27.1 Å². The van der Waals surface area contributed by atoms with Crippen LogP contribution in [0.5, 0.6) is 5.75 Å². The highest BCUT2D eigenvalue weighted by Crippen LogP contribution is 2.37. The van der Waals surface area contributed by atoms with Gasteiger partial charge in [0.15, 0.2) is 5.75 Å². The van der Waals surface area contributed by atoms with Crippen molar-refractivity contribution in [1.82, 2.24) is 15.4 Å². The molecule has 2 heterocycles. The molecule has 26 heavy (non-hydrogen) atoms.